The Hall–Kier alpha value is -2.04. The SMILES string of the molecule is CC(C)(C)C1=C(c2cc(F)ccc2O)CC=C1[Si](C)(C)C1=CCC(c2cc(F)ccc2O)=C1C(C)(C)C.[Zr]. The van der Waals surface area contributed by atoms with Gasteiger partial charge in [0.05, 0.1) is 0 Å². The fourth-order valence-corrected chi connectivity index (χ4v) is 9.94. The van der Waals surface area contributed by atoms with Crippen LogP contribution in [0.15, 0.2) is 70.1 Å². The number of benzene rings is 2. The number of aromatic hydroxyl groups is 2. The van der Waals surface area contributed by atoms with E-state index in [1.165, 1.54) is 57.9 Å². The van der Waals surface area contributed by atoms with E-state index < -0.39 is 8.07 Å². The molecule has 0 atom stereocenters. The van der Waals surface area contributed by atoms with Crippen molar-refractivity contribution < 1.29 is 45.2 Å². The van der Waals surface area contributed by atoms with Gasteiger partial charge in [-0.1, -0.05) is 77.2 Å². The zero-order valence-corrected chi connectivity index (χ0v) is 27.1. The van der Waals surface area contributed by atoms with Crippen LogP contribution in [0.3, 0.4) is 0 Å². The van der Waals surface area contributed by atoms with Crippen LogP contribution in [0.1, 0.15) is 65.5 Å². The molecule has 2 aliphatic rings. The van der Waals surface area contributed by atoms with Crippen LogP contribution >= 0.6 is 0 Å². The average Bonchev–Trinajstić information content (AvgIpc) is 3.42. The molecule has 0 amide bonds. The second-order valence-corrected chi connectivity index (χ2v) is 17.1. The summed E-state index contributed by atoms with van der Waals surface area (Å²) in [7, 11) is -2.34. The summed E-state index contributed by atoms with van der Waals surface area (Å²) in [5, 5.41) is 23.9. The Bertz CT molecular complexity index is 1290. The van der Waals surface area contributed by atoms with Crippen LogP contribution < -0.4 is 0 Å². The van der Waals surface area contributed by atoms with Crippen LogP contribution in [0.5, 0.6) is 11.5 Å². The molecule has 0 saturated heterocycles. The topological polar surface area (TPSA) is 40.5 Å². The van der Waals surface area contributed by atoms with Crippen molar-refractivity contribution in [3.05, 3.63) is 92.9 Å². The fraction of sp³-hybridized carbons (Fsp3) is 0.375. The van der Waals surface area contributed by atoms with Crippen molar-refractivity contribution in [3.63, 3.8) is 0 Å². The van der Waals surface area contributed by atoms with Crippen LogP contribution in [0, 0.1) is 22.5 Å². The third-order valence-electron chi connectivity index (χ3n) is 7.58. The van der Waals surface area contributed by atoms with E-state index in [2.05, 4.69) is 66.8 Å². The zero-order chi connectivity index (χ0) is 27.5. The van der Waals surface area contributed by atoms with Gasteiger partial charge in [-0.15, -0.1) is 0 Å². The third kappa shape index (κ3) is 5.49. The third-order valence-corrected chi connectivity index (χ3v) is 11.2. The van der Waals surface area contributed by atoms with Gasteiger partial charge in [0.1, 0.15) is 31.2 Å². The van der Waals surface area contributed by atoms with Gasteiger partial charge in [0.25, 0.3) is 0 Å². The summed E-state index contributed by atoms with van der Waals surface area (Å²) < 4.78 is 28.5. The summed E-state index contributed by atoms with van der Waals surface area (Å²) in [6, 6.07) is 8.28. The molecule has 2 N–H and O–H groups in total. The van der Waals surface area contributed by atoms with Crippen molar-refractivity contribution >= 4 is 19.2 Å². The van der Waals surface area contributed by atoms with E-state index in [1.54, 1.807) is 0 Å². The average molecular weight is 612 g/mol. The van der Waals surface area contributed by atoms with Crippen molar-refractivity contribution in [1.29, 1.82) is 0 Å². The Morgan fingerprint density at radius 2 is 1.00 bits per heavy atom. The molecular weight excluding hydrogens is 574 g/mol. The second-order valence-electron chi connectivity index (χ2n) is 12.8. The predicted molar refractivity (Wildman–Crippen MR) is 152 cm³/mol. The number of phenolic OH excluding ortho intramolecular Hbond substituents is 2. The summed E-state index contributed by atoms with van der Waals surface area (Å²) in [6.07, 6.45) is 5.81. The van der Waals surface area contributed by atoms with Gasteiger partial charge in [0.2, 0.25) is 0 Å². The normalized spacial score (nSPS) is 16.6. The number of allylic oxidation sites excluding steroid dienone is 8. The smallest absolute Gasteiger partial charge is 0.124 e. The molecule has 0 spiro atoms. The predicted octanol–water partition coefficient (Wildman–Crippen LogP) is 9.12. The molecule has 0 unspecified atom stereocenters. The first-order chi connectivity index (χ1) is 17.0. The Morgan fingerprint density at radius 3 is 1.32 bits per heavy atom. The van der Waals surface area contributed by atoms with E-state index in [9.17, 15) is 19.0 Å². The largest absolute Gasteiger partial charge is 0.507 e. The van der Waals surface area contributed by atoms with Gasteiger partial charge in [-0.2, -0.15) is 0 Å². The number of phenols is 2. The molecule has 0 aromatic heterocycles. The quantitative estimate of drug-likeness (QED) is 0.339. The zero-order valence-electron chi connectivity index (χ0n) is 23.7. The molecule has 200 valence electrons. The molecule has 0 heterocycles. The maximum absolute atomic E-state index is 14.2. The Labute approximate surface area is 246 Å². The van der Waals surface area contributed by atoms with Crippen molar-refractivity contribution in [2.75, 3.05) is 0 Å². The van der Waals surface area contributed by atoms with E-state index >= 15 is 0 Å². The number of hydrogen-bond acceptors (Lipinski definition) is 2. The maximum atomic E-state index is 14.2. The van der Waals surface area contributed by atoms with Crippen LogP contribution in [-0.2, 0) is 26.2 Å². The number of rotatable bonds is 4. The van der Waals surface area contributed by atoms with Crippen molar-refractivity contribution in [1.82, 2.24) is 0 Å². The molecule has 38 heavy (non-hydrogen) atoms. The molecule has 0 bridgehead atoms. The second kappa shape index (κ2) is 10.5. The van der Waals surface area contributed by atoms with Gasteiger partial charge < -0.3 is 10.2 Å². The van der Waals surface area contributed by atoms with Crippen molar-refractivity contribution in [2.24, 2.45) is 10.8 Å². The van der Waals surface area contributed by atoms with Gasteiger partial charge in [-0.25, -0.2) is 8.78 Å². The van der Waals surface area contributed by atoms with E-state index in [4.69, 9.17) is 0 Å². The van der Waals surface area contributed by atoms with Crippen molar-refractivity contribution in [3.8, 4) is 11.5 Å². The van der Waals surface area contributed by atoms with Crippen LogP contribution in [-0.4, -0.2) is 18.3 Å². The Kier molecular flexibility index (Phi) is 8.43. The van der Waals surface area contributed by atoms with Gasteiger partial charge in [-0.3, -0.25) is 0 Å². The van der Waals surface area contributed by atoms with Gasteiger partial charge in [0, 0.05) is 37.3 Å². The van der Waals surface area contributed by atoms with Crippen LogP contribution in [0.2, 0.25) is 13.1 Å². The minimum Gasteiger partial charge on any atom is -0.507 e. The molecular formula is C32H38F2O2SiZr. The monoisotopic (exact) mass is 610 g/mol. The van der Waals surface area contributed by atoms with Crippen LogP contribution in [0.4, 0.5) is 8.78 Å². The summed E-state index contributed by atoms with van der Waals surface area (Å²) in [5.74, 6) is -0.554. The minimum absolute atomic E-state index is 0. The summed E-state index contributed by atoms with van der Waals surface area (Å²) >= 11 is 0. The molecule has 2 aromatic rings. The first kappa shape index (κ1) is 30.5. The summed E-state index contributed by atoms with van der Waals surface area (Å²) in [6.45, 7) is 17.7. The molecule has 0 aliphatic heterocycles. The summed E-state index contributed by atoms with van der Waals surface area (Å²) in [5.41, 5.74) is 4.94. The summed E-state index contributed by atoms with van der Waals surface area (Å²) in [4.78, 5) is 0. The standard InChI is InChI=1S/C32H38F2O2Si.Zr/c1-31(2,3)29-21(23-17-19(33)9-13-25(23)35)11-15-27(29)37(7,8)28-16-12-22(30(28)32(4,5)6)24-18-20(34)10-14-26(24)36;/h9-10,13-18,35-36H,11-12H2,1-8H3;. The molecule has 0 fully saturated rings. The van der Waals surface area contributed by atoms with E-state index in [-0.39, 0.29) is 60.2 Å². The molecule has 0 saturated carbocycles. The van der Waals surface area contributed by atoms with E-state index in [0.717, 1.165) is 11.1 Å². The molecule has 0 radical (unpaired) electrons. The maximum Gasteiger partial charge on any atom is 0.124 e. The first-order valence-corrected chi connectivity index (χ1v) is 15.9. The molecule has 4 rings (SSSR count). The number of hydrogen-bond donors (Lipinski definition) is 2. The molecule has 2 aromatic carbocycles. The molecule has 6 heteroatoms. The first-order valence-electron chi connectivity index (χ1n) is 12.9. The van der Waals surface area contributed by atoms with Gasteiger partial charge >= 0.3 is 0 Å². The number of halogens is 2. The van der Waals surface area contributed by atoms with Crippen molar-refractivity contribution in [2.45, 2.75) is 67.5 Å². The van der Waals surface area contributed by atoms with E-state index in [1.807, 2.05) is 0 Å². The fourth-order valence-electron chi connectivity index (χ4n) is 6.12. The molecule has 2 nitrogen and oxygen atoms in total. The van der Waals surface area contributed by atoms with Gasteiger partial charge in [-0.05, 0) is 82.4 Å². The van der Waals surface area contributed by atoms with Crippen LogP contribution in [0.25, 0.3) is 11.1 Å². The minimum atomic E-state index is -2.34. The molecule has 2 aliphatic carbocycles. The van der Waals surface area contributed by atoms with Gasteiger partial charge in [0.15, 0.2) is 0 Å². The Balaban J connectivity index is 0.00000400. The Morgan fingerprint density at radius 1 is 0.658 bits per heavy atom. The van der Waals surface area contributed by atoms with E-state index in [0.29, 0.717) is 24.0 Å².